The van der Waals surface area contributed by atoms with Crippen molar-refractivity contribution in [2.24, 2.45) is 17.8 Å². The van der Waals surface area contributed by atoms with Crippen LogP contribution in [0.1, 0.15) is 93.9 Å². The molecule has 2 aromatic rings. The maximum atomic E-state index is 14.4. The summed E-state index contributed by atoms with van der Waals surface area (Å²) in [6.45, 7) is 14.9. The number of anilines is 1. The maximum absolute atomic E-state index is 14.4. The number of cyclic esters (lactones) is 1. The van der Waals surface area contributed by atoms with Gasteiger partial charge in [0.25, 0.3) is 0 Å². The number of aromatic nitrogens is 3. The second kappa shape index (κ2) is 20.5. The topological polar surface area (TPSA) is 198 Å². The van der Waals surface area contributed by atoms with Crippen LogP contribution in [0.5, 0.6) is 0 Å². The standard InChI is InChI=1S/C43H68N6O10/c1-12-32(47(9)10)37(52)40(56-14-3)58-38-27(5)36(51)28(6)39(53)57-35(13-2)43(8)34(23-33(50)26(4)24-42(38,7)55-11)49(41(54)59-43)21-16-15-20-48-25-31(45-46-48)29-18-17-19-30(44)22-29/h17-19,22,25-28,32,34-35,37-38,40,52H,12-16,20-21,23-24,44H2,1-11H3/t26-,27+,28-,32?,34-,35-,37?,38-,40+,42-,43+/m1/s1. The number of methoxy groups -OCH3 is 1. The molecule has 0 saturated carbocycles. The normalized spacial score (nSPS) is 30.1. The van der Waals surface area contributed by atoms with Gasteiger partial charge >= 0.3 is 12.1 Å². The molecule has 330 valence electrons. The molecule has 16 nitrogen and oxygen atoms in total. The first-order chi connectivity index (χ1) is 27.8. The Bertz CT molecular complexity index is 1740. The van der Waals surface area contributed by atoms with Crippen LogP contribution in [0.4, 0.5) is 10.5 Å². The van der Waals surface area contributed by atoms with Crippen molar-refractivity contribution in [3.63, 3.8) is 0 Å². The Morgan fingerprint density at radius 2 is 1.76 bits per heavy atom. The van der Waals surface area contributed by atoms with E-state index in [-0.39, 0.29) is 44.2 Å². The summed E-state index contributed by atoms with van der Waals surface area (Å²) in [6.07, 6.45) is -0.988. The van der Waals surface area contributed by atoms with Crippen molar-refractivity contribution in [2.75, 3.05) is 40.1 Å². The molecule has 16 heteroatoms. The van der Waals surface area contributed by atoms with Crippen LogP contribution in [0.25, 0.3) is 11.3 Å². The summed E-state index contributed by atoms with van der Waals surface area (Å²) in [7, 11) is 5.19. The van der Waals surface area contributed by atoms with Crippen LogP contribution in [0.15, 0.2) is 30.5 Å². The SMILES string of the molecule is CCO[C@@H](O[C@@H]1[C@@H](C)C(=O)[C@@H](C)C(=O)O[C@H](CC)[C@@]2(C)OC(=O)N(CCCCn3cc(-c4cccc(N)c4)nn3)[C@@H]2CC(=O)[C@H](C)C[C@@]1(C)OC)C(O)C(CC)N(C)C. The number of unbranched alkanes of at least 4 members (excludes halogenated alkanes) is 1. The molecule has 2 fully saturated rings. The second-order valence-corrected chi connectivity index (χ2v) is 16.8. The van der Waals surface area contributed by atoms with Crippen molar-refractivity contribution in [1.82, 2.24) is 24.8 Å². The van der Waals surface area contributed by atoms with E-state index >= 15 is 0 Å². The number of nitrogens with zero attached hydrogens (tertiary/aromatic N) is 5. The summed E-state index contributed by atoms with van der Waals surface area (Å²) in [5, 5.41) is 20.1. The number of ether oxygens (including phenoxy) is 5. The van der Waals surface area contributed by atoms with Crippen molar-refractivity contribution in [3.8, 4) is 11.3 Å². The lowest BCUT2D eigenvalue weighted by atomic mass is 9.76. The first-order valence-corrected chi connectivity index (χ1v) is 21.0. The molecular weight excluding hydrogens is 761 g/mol. The number of hydrogen-bond donors (Lipinski definition) is 2. The predicted molar refractivity (Wildman–Crippen MR) is 221 cm³/mol. The highest BCUT2D eigenvalue weighted by atomic mass is 16.7. The molecule has 3 heterocycles. The number of carbonyl (C=O) groups excluding carboxylic acids is 4. The van der Waals surface area contributed by atoms with Crippen LogP contribution >= 0.6 is 0 Å². The van der Waals surface area contributed by atoms with Crippen LogP contribution in [0, 0.1) is 17.8 Å². The van der Waals surface area contributed by atoms with Gasteiger partial charge in [0.2, 0.25) is 0 Å². The highest BCUT2D eigenvalue weighted by Gasteiger charge is 2.58. The molecule has 2 unspecified atom stereocenters. The molecule has 2 aliphatic rings. The van der Waals surface area contributed by atoms with E-state index in [0.717, 1.165) is 5.56 Å². The Labute approximate surface area is 349 Å². The number of ketones is 2. The number of amides is 1. The Kier molecular flexibility index (Phi) is 16.6. The van der Waals surface area contributed by atoms with Gasteiger partial charge in [0, 0.05) is 62.4 Å². The van der Waals surface area contributed by atoms with Gasteiger partial charge < -0.3 is 44.3 Å². The molecule has 2 aliphatic heterocycles. The smallest absolute Gasteiger partial charge is 0.410 e. The molecule has 0 radical (unpaired) electrons. The lowest BCUT2D eigenvalue weighted by molar-refractivity contribution is -0.265. The van der Waals surface area contributed by atoms with Gasteiger partial charge in [-0.05, 0) is 86.0 Å². The van der Waals surface area contributed by atoms with Crippen molar-refractivity contribution in [2.45, 2.75) is 148 Å². The Morgan fingerprint density at radius 3 is 2.37 bits per heavy atom. The van der Waals surface area contributed by atoms with Crippen LogP contribution in [0.2, 0.25) is 0 Å². The predicted octanol–water partition coefficient (Wildman–Crippen LogP) is 4.90. The third-order valence-electron chi connectivity index (χ3n) is 12.4. The minimum absolute atomic E-state index is 0.0826. The maximum Gasteiger partial charge on any atom is 0.410 e. The van der Waals surface area contributed by atoms with Crippen LogP contribution in [0.3, 0.4) is 0 Å². The van der Waals surface area contributed by atoms with E-state index in [9.17, 15) is 24.3 Å². The van der Waals surface area contributed by atoms with E-state index in [1.807, 2.05) is 50.3 Å². The van der Waals surface area contributed by atoms with Crippen LogP contribution in [-0.2, 0) is 44.6 Å². The third kappa shape index (κ3) is 10.9. The quantitative estimate of drug-likeness (QED) is 0.0762. The number of hydrogen-bond acceptors (Lipinski definition) is 14. The second-order valence-electron chi connectivity index (χ2n) is 16.8. The van der Waals surface area contributed by atoms with Gasteiger partial charge in [0.15, 0.2) is 17.7 Å². The summed E-state index contributed by atoms with van der Waals surface area (Å²) in [4.78, 5) is 59.8. The zero-order valence-corrected chi connectivity index (χ0v) is 36.9. The summed E-state index contributed by atoms with van der Waals surface area (Å²) >= 11 is 0. The van der Waals surface area contributed by atoms with Crippen LogP contribution < -0.4 is 5.73 Å². The van der Waals surface area contributed by atoms with Gasteiger partial charge in [-0.3, -0.25) is 19.1 Å². The number of esters is 1. The molecular formula is C43H68N6O10. The number of aliphatic hydroxyl groups excluding tert-OH is 1. The van der Waals surface area contributed by atoms with E-state index in [2.05, 4.69) is 10.3 Å². The summed E-state index contributed by atoms with van der Waals surface area (Å²) in [6, 6.07) is 6.28. The Balaban J connectivity index is 1.63. The van der Waals surface area contributed by atoms with Gasteiger partial charge in [-0.25, -0.2) is 4.79 Å². The number of aryl methyl sites for hydroxylation is 1. The number of fused-ring (bicyclic) bond motifs is 1. The van der Waals surface area contributed by atoms with Gasteiger partial charge in [-0.15, -0.1) is 5.10 Å². The molecule has 0 bridgehead atoms. The molecule has 0 aliphatic carbocycles. The Hall–Kier alpha value is -3.96. The largest absolute Gasteiger partial charge is 0.458 e. The van der Waals surface area contributed by atoms with Crippen molar-refractivity contribution in [3.05, 3.63) is 30.5 Å². The number of nitrogen functional groups attached to an aromatic ring is 1. The molecule has 1 aromatic heterocycles. The highest BCUT2D eigenvalue weighted by molar-refractivity contribution is 6.00. The summed E-state index contributed by atoms with van der Waals surface area (Å²) in [5.74, 6) is -4.28. The number of benzene rings is 1. The van der Waals surface area contributed by atoms with E-state index in [0.29, 0.717) is 37.2 Å². The molecule has 0 spiro atoms. The number of aliphatic hydroxyl groups is 1. The van der Waals surface area contributed by atoms with Gasteiger partial charge in [-0.1, -0.05) is 45.0 Å². The molecule has 1 aromatic carbocycles. The van der Waals surface area contributed by atoms with Crippen LogP contribution in [-0.4, -0.2) is 136 Å². The fourth-order valence-electron chi connectivity index (χ4n) is 8.73. The summed E-state index contributed by atoms with van der Waals surface area (Å²) < 4.78 is 32.7. The number of likely N-dealkylation sites (N-methyl/N-ethyl adjacent to an activating group) is 1. The van der Waals surface area contributed by atoms with Gasteiger partial charge in [0.1, 0.15) is 29.6 Å². The number of Topliss-reactive ketones (excluding diaryl/α,β-unsaturated/α-hetero) is 2. The van der Waals surface area contributed by atoms with Crippen molar-refractivity contribution in [1.29, 1.82) is 0 Å². The zero-order chi connectivity index (χ0) is 43.8. The first-order valence-electron chi connectivity index (χ1n) is 21.0. The monoisotopic (exact) mass is 828 g/mol. The van der Waals surface area contributed by atoms with Crippen molar-refractivity contribution >= 4 is 29.3 Å². The fraction of sp³-hybridized carbons (Fsp3) is 0.721. The zero-order valence-electron chi connectivity index (χ0n) is 36.9. The molecule has 3 N–H and O–H groups in total. The van der Waals surface area contributed by atoms with E-state index < -0.39 is 77.4 Å². The minimum Gasteiger partial charge on any atom is -0.458 e. The van der Waals surface area contributed by atoms with E-state index in [4.69, 9.17) is 29.4 Å². The third-order valence-corrected chi connectivity index (χ3v) is 12.4. The highest BCUT2D eigenvalue weighted by Crippen LogP contribution is 2.41. The van der Waals surface area contributed by atoms with Gasteiger partial charge in [0.05, 0.1) is 23.9 Å². The molecule has 11 atom stereocenters. The number of carbonyl (C=O) groups is 4. The summed E-state index contributed by atoms with van der Waals surface area (Å²) in [5.41, 5.74) is 5.45. The number of nitrogens with two attached hydrogens (primary N) is 1. The average molecular weight is 829 g/mol. The van der Waals surface area contributed by atoms with E-state index in [1.165, 1.54) is 14.0 Å². The molecule has 59 heavy (non-hydrogen) atoms. The number of rotatable bonds is 16. The molecule has 2 saturated heterocycles. The lowest BCUT2D eigenvalue weighted by Crippen LogP contribution is -2.57. The van der Waals surface area contributed by atoms with Gasteiger partial charge in [-0.2, -0.15) is 0 Å². The van der Waals surface area contributed by atoms with E-state index in [1.54, 1.807) is 57.2 Å². The first kappa shape index (κ1) is 47.7. The minimum atomic E-state index is -1.40. The lowest BCUT2D eigenvalue weighted by Gasteiger charge is -2.44. The molecule has 4 rings (SSSR count). The molecule has 1 amide bonds. The Morgan fingerprint density at radius 1 is 1.07 bits per heavy atom. The average Bonchev–Trinajstić information content (AvgIpc) is 3.77. The fourth-order valence-corrected chi connectivity index (χ4v) is 8.73. The van der Waals surface area contributed by atoms with Crippen molar-refractivity contribution < 1.29 is 48.0 Å².